The van der Waals surface area contributed by atoms with Crippen molar-refractivity contribution in [1.29, 1.82) is 0 Å². The summed E-state index contributed by atoms with van der Waals surface area (Å²) in [5, 5.41) is 13.7. The highest BCUT2D eigenvalue weighted by atomic mass is 19.1. The van der Waals surface area contributed by atoms with E-state index in [1.165, 1.54) is 12.1 Å². The van der Waals surface area contributed by atoms with E-state index in [-0.39, 0.29) is 12.4 Å². The first-order valence-corrected chi connectivity index (χ1v) is 6.55. The Bertz CT molecular complexity index is 762. The minimum Gasteiger partial charge on any atom is -0.493 e. The predicted octanol–water partition coefficient (Wildman–Crippen LogP) is 2.59. The van der Waals surface area contributed by atoms with Crippen molar-refractivity contribution in [2.75, 3.05) is 7.11 Å². The molecule has 22 heavy (non-hydrogen) atoms. The number of nitrogens with zero attached hydrogens (tertiary/aromatic N) is 3. The summed E-state index contributed by atoms with van der Waals surface area (Å²) in [6, 6.07) is 11.6. The molecule has 7 heteroatoms. The lowest BCUT2D eigenvalue weighted by molar-refractivity contribution is 0.284. The summed E-state index contributed by atoms with van der Waals surface area (Å²) >= 11 is 0. The Hall–Kier alpha value is -2.96. The standard InChI is InChI=1S/C15H13FN4O2/c1-21-14-8-11(15-17-19-20-18-15)5-6-13(14)22-9-10-3-2-4-12(16)7-10/h2-8H,9H2,1H3,(H,17,18,19,20). The Morgan fingerprint density at radius 3 is 2.77 bits per heavy atom. The Balaban J connectivity index is 1.79. The van der Waals surface area contributed by atoms with Crippen LogP contribution in [0.15, 0.2) is 42.5 Å². The number of aromatic nitrogens is 4. The number of nitrogens with one attached hydrogen (secondary N) is 1. The molecular weight excluding hydrogens is 287 g/mol. The van der Waals surface area contributed by atoms with E-state index >= 15 is 0 Å². The van der Waals surface area contributed by atoms with Gasteiger partial charge in [0.05, 0.1) is 7.11 Å². The van der Waals surface area contributed by atoms with Gasteiger partial charge in [-0.1, -0.05) is 12.1 Å². The molecule has 1 aromatic heterocycles. The molecule has 0 aliphatic carbocycles. The number of H-pyrrole nitrogens is 1. The van der Waals surface area contributed by atoms with E-state index in [2.05, 4.69) is 20.6 Å². The first-order valence-electron chi connectivity index (χ1n) is 6.55. The van der Waals surface area contributed by atoms with E-state index in [1.54, 1.807) is 37.4 Å². The molecule has 0 saturated carbocycles. The van der Waals surface area contributed by atoms with Crippen molar-refractivity contribution in [3.63, 3.8) is 0 Å². The second kappa shape index (κ2) is 6.21. The zero-order valence-electron chi connectivity index (χ0n) is 11.8. The van der Waals surface area contributed by atoms with Crippen LogP contribution >= 0.6 is 0 Å². The lowest BCUT2D eigenvalue weighted by Crippen LogP contribution is -1.98. The molecule has 0 radical (unpaired) electrons. The number of halogens is 1. The summed E-state index contributed by atoms with van der Waals surface area (Å²) < 4.78 is 24.1. The van der Waals surface area contributed by atoms with Gasteiger partial charge in [0.2, 0.25) is 5.82 Å². The number of aromatic amines is 1. The van der Waals surface area contributed by atoms with Crippen molar-refractivity contribution < 1.29 is 13.9 Å². The number of rotatable bonds is 5. The molecule has 6 nitrogen and oxygen atoms in total. The van der Waals surface area contributed by atoms with Crippen molar-refractivity contribution in [2.24, 2.45) is 0 Å². The van der Waals surface area contributed by atoms with Gasteiger partial charge < -0.3 is 9.47 Å². The molecule has 1 N–H and O–H groups in total. The minimum atomic E-state index is -0.291. The first-order chi connectivity index (χ1) is 10.8. The fourth-order valence-corrected chi connectivity index (χ4v) is 2.00. The van der Waals surface area contributed by atoms with E-state index < -0.39 is 0 Å². The molecule has 1 heterocycles. The Kier molecular flexibility index (Phi) is 3.95. The van der Waals surface area contributed by atoms with Crippen molar-refractivity contribution in [1.82, 2.24) is 20.6 Å². The van der Waals surface area contributed by atoms with Gasteiger partial charge in [-0.3, -0.25) is 0 Å². The molecule has 0 spiro atoms. The molecule has 3 rings (SSSR count). The number of ether oxygens (including phenoxy) is 2. The molecule has 0 fully saturated rings. The molecule has 112 valence electrons. The maximum absolute atomic E-state index is 13.1. The van der Waals surface area contributed by atoms with Crippen molar-refractivity contribution in [3.8, 4) is 22.9 Å². The van der Waals surface area contributed by atoms with Crippen molar-refractivity contribution >= 4 is 0 Å². The summed E-state index contributed by atoms with van der Waals surface area (Å²) in [7, 11) is 1.55. The average Bonchev–Trinajstić information content (AvgIpc) is 3.07. The third-order valence-electron chi connectivity index (χ3n) is 3.05. The van der Waals surface area contributed by atoms with Crippen molar-refractivity contribution in [3.05, 3.63) is 53.8 Å². The summed E-state index contributed by atoms with van der Waals surface area (Å²) in [4.78, 5) is 0. The third kappa shape index (κ3) is 3.03. The van der Waals surface area contributed by atoms with Crippen LogP contribution in [0.4, 0.5) is 4.39 Å². The van der Waals surface area contributed by atoms with Crippen LogP contribution in [0.1, 0.15) is 5.56 Å². The predicted molar refractivity (Wildman–Crippen MR) is 76.9 cm³/mol. The van der Waals surface area contributed by atoms with Gasteiger partial charge in [0.15, 0.2) is 11.5 Å². The van der Waals surface area contributed by atoms with Crippen LogP contribution < -0.4 is 9.47 Å². The van der Waals surface area contributed by atoms with Gasteiger partial charge in [-0.2, -0.15) is 5.21 Å². The van der Waals surface area contributed by atoms with Crippen LogP contribution in [-0.4, -0.2) is 27.7 Å². The van der Waals surface area contributed by atoms with Gasteiger partial charge in [-0.05, 0) is 41.1 Å². The van der Waals surface area contributed by atoms with Crippen LogP contribution in [0, 0.1) is 5.82 Å². The third-order valence-corrected chi connectivity index (χ3v) is 3.05. The minimum absolute atomic E-state index is 0.246. The molecule has 0 bridgehead atoms. The Labute approximate surface area is 125 Å². The normalized spacial score (nSPS) is 10.5. The molecular formula is C15H13FN4O2. The Morgan fingerprint density at radius 1 is 1.14 bits per heavy atom. The second-order valence-corrected chi connectivity index (χ2v) is 4.52. The van der Waals surface area contributed by atoms with Crippen molar-refractivity contribution in [2.45, 2.75) is 6.61 Å². The van der Waals surface area contributed by atoms with Gasteiger partial charge in [0.1, 0.15) is 12.4 Å². The molecule has 2 aromatic carbocycles. The van der Waals surface area contributed by atoms with Crippen LogP contribution in [0.5, 0.6) is 11.5 Å². The quantitative estimate of drug-likeness (QED) is 0.784. The fourth-order valence-electron chi connectivity index (χ4n) is 2.00. The van der Waals surface area contributed by atoms with Crippen LogP contribution in [-0.2, 0) is 6.61 Å². The zero-order valence-corrected chi connectivity index (χ0v) is 11.8. The molecule has 0 amide bonds. The monoisotopic (exact) mass is 300 g/mol. The van der Waals surface area contributed by atoms with E-state index in [4.69, 9.17) is 9.47 Å². The number of hydrogen-bond acceptors (Lipinski definition) is 5. The number of benzene rings is 2. The maximum Gasteiger partial charge on any atom is 0.204 e. The van der Waals surface area contributed by atoms with E-state index in [0.29, 0.717) is 17.3 Å². The van der Waals surface area contributed by atoms with E-state index in [9.17, 15) is 4.39 Å². The van der Waals surface area contributed by atoms with Crippen LogP contribution in [0.2, 0.25) is 0 Å². The average molecular weight is 300 g/mol. The molecule has 3 aromatic rings. The van der Waals surface area contributed by atoms with E-state index in [1.807, 2.05) is 0 Å². The largest absolute Gasteiger partial charge is 0.493 e. The molecule has 0 saturated heterocycles. The van der Waals surface area contributed by atoms with Crippen LogP contribution in [0.3, 0.4) is 0 Å². The smallest absolute Gasteiger partial charge is 0.204 e. The lowest BCUT2D eigenvalue weighted by atomic mass is 10.2. The summed E-state index contributed by atoms with van der Waals surface area (Å²) in [6.07, 6.45) is 0. The highest BCUT2D eigenvalue weighted by Crippen LogP contribution is 2.31. The van der Waals surface area contributed by atoms with Gasteiger partial charge in [0.25, 0.3) is 0 Å². The highest BCUT2D eigenvalue weighted by molar-refractivity contribution is 5.60. The second-order valence-electron chi connectivity index (χ2n) is 4.52. The molecule has 0 unspecified atom stereocenters. The maximum atomic E-state index is 13.1. The number of tetrazole rings is 1. The fraction of sp³-hybridized carbons (Fsp3) is 0.133. The molecule has 0 atom stereocenters. The number of hydrogen-bond donors (Lipinski definition) is 1. The number of methoxy groups -OCH3 is 1. The van der Waals surface area contributed by atoms with Gasteiger partial charge in [-0.15, -0.1) is 10.2 Å². The van der Waals surface area contributed by atoms with Gasteiger partial charge in [0, 0.05) is 5.56 Å². The molecule has 0 aliphatic heterocycles. The van der Waals surface area contributed by atoms with Gasteiger partial charge >= 0.3 is 0 Å². The van der Waals surface area contributed by atoms with E-state index in [0.717, 1.165) is 11.1 Å². The summed E-state index contributed by atoms with van der Waals surface area (Å²) in [5.74, 6) is 1.27. The summed E-state index contributed by atoms with van der Waals surface area (Å²) in [5.41, 5.74) is 1.49. The zero-order chi connectivity index (χ0) is 15.4. The Morgan fingerprint density at radius 2 is 2.05 bits per heavy atom. The van der Waals surface area contributed by atoms with Gasteiger partial charge in [-0.25, -0.2) is 4.39 Å². The molecule has 0 aliphatic rings. The highest BCUT2D eigenvalue weighted by Gasteiger charge is 2.10. The SMILES string of the molecule is COc1cc(-c2nn[nH]n2)ccc1OCc1cccc(F)c1. The van der Waals surface area contributed by atoms with Crippen LogP contribution in [0.25, 0.3) is 11.4 Å². The lowest BCUT2D eigenvalue weighted by Gasteiger charge is -2.11. The topological polar surface area (TPSA) is 72.9 Å². The summed E-state index contributed by atoms with van der Waals surface area (Å²) in [6.45, 7) is 0.246. The first kappa shape index (κ1) is 14.0.